The summed E-state index contributed by atoms with van der Waals surface area (Å²) in [6.45, 7) is 7.71. The lowest BCUT2D eigenvalue weighted by Gasteiger charge is -2.28. The molecule has 0 aromatic heterocycles. The van der Waals surface area contributed by atoms with Gasteiger partial charge in [0.05, 0.1) is 8.07 Å². The lowest BCUT2D eigenvalue weighted by Crippen LogP contribution is -2.37. The number of allylic oxidation sites excluding steroid dienone is 1. The predicted octanol–water partition coefficient (Wildman–Crippen LogP) is 4.73. The number of carbonyl (C=O) groups excluding carboxylic acids is 1. The quantitative estimate of drug-likeness (QED) is 0.748. The fraction of sp³-hybridized carbons (Fsp3) is 0.286. The van der Waals surface area contributed by atoms with Crippen molar-refractivity contribution >= 4 is 19.4 Å². The van der Waals surface area contributed by atoms with Crippen LogP contribution in [0, 0.1) is 0 Å². The van der Waals surface area contributed by atoms with Crippen molar-refractivity contribution in [1.29, 1.82) is 0 Å². The molecule has 3 rings (SSSR count). The van der Waals surface area contributed by atoms with Gasteiger partial charge in [-0.05, 0) is 24.1 Å². The number of nitrogens with zero attached hydrogens (tertiary/aromatic N) is 1. The average Bonchev–Trinajstić information content (AvgIpc) is 2.62. The van der Waals surface area contributed by atoms with E-state index in [-0.39, 0.29) is 6.09 Å². The highest BCUT2D eigenvalue weighted by molar-refractivity contribution is 6.88. The van der Waals surface area contributed by atoms with Gasteiger partial charge in [0.25, 0.3) is 0 Å². The summed E-state index contributed by atoms with van der Waals surface area (Å²) in [5.74, 6) is 0.881. The predicted molar refractivity (Wildman–Crippen MR) is 105 cm³/mol. The van der Waals surface area contributed by atoms with Crippen LogP contribution in [0.3, 0.4) is 0 Å². The van der Waals surface area contributed by atoms with Gasteiger partial charge in [-0.2, -0.15) is 0 Å². The molecule has 0 spiro atoms. The number of para-hydroxylation sites is 1. The average molecular weight is 352 g/mol. The van der Waals surface area contributed by atoms with Gasteiger partial charge in [-0.25, -0.2) is 4.79 Å². The normalized spacial score (nSPS) is 17.4. The zero-order chi connectivity index (χ0) is 17.9. The molecule has 4 heteroatoms. The Kier molecular flexibility index (Phi) is 5.09. The molecule has 1 atom stereocenters. The maximum absolute atomic E-state index is 12.4. The highest BCUT2D eigenvalue weighted by Gasteiger charge is 2.23. The van der Waals surface area contributed by atoms with Crippen LogP contribution in [0.4, 0.5) is 4.79 Å². The first-order valence-electron chi connectivity index (χ1n) is 8.74. The van der Waals surface area contributed by atoms with Crippen LogP contribution >= 0.6 is 0 Å². The maximum atomic E-state index is 12.4. The fourth-order valence-electron chi connectivity index (χ4n) is 3.01. The van der Waals surface area contributed by atoms with Crippen molar-refractivity contribution in [2.24, 2.45) is 0 Å². The van der Waals surface area contributed by atoms with Crippen LogP contribution < -0.4 is 9.92 Å². The third kappa shape index (κ3) is 4.40. The van der Waals surface area contributed by atoms with Crippen molar-refractivity contribution in [3.05, 3.63) is 72.4 Å². The smallest absolute Gasteiger partial charge is 0.410 e. The number of hydrogen-bond acceptors (Lipinski definition) is 2. The van der Waals surface area contributed by atoms with E-state index in [0.717, 1.165) is 6.42 Å². The summed E-state index contributed by atoms with van der Waals surface area (Å²) in [6, 6.07) is 18.2. The number of amides is 1. The molecule has 2 aromatic carbocycles. The van der Waals surface area contributed by atoms with E-state index in [4.69, 9.17) is 4.74 Å². The number of benzene rings is 2. The minimum absolute atomic E-state index is 0.309. The van der Waals surface area contributed by atoms with Crippen LogP contribution in [0.25, 0.3) is 0 Å². The molecule has 25 heavy (non-hydrogen) atoms. The van der Waals surface area contributed by atoms with Crippen LogP contribution in [0.1, 0.15) is 17.9 Å². The highest BCUT2D eigenvalue weighted by Crippen LogP contribution is 2.26. The van der Waals surface area contributed by atoms with Crippen LogP contribution in [-0.4, -0.2) is 25.6 Å². The van der Waals surface area contributed by atoms with E-state index in [0.29, 0.717) is 18.2 Å². The molecule has 1 heterocycles. The molecule has 0 saturated carbocycles. The maximum Gasteiger partial charge on any atom is 0.419 e. The molecule has 0 N–H and O–H groups in total. The molecule has 0 saturated heterocycles. The summed E-state index contributed by atoms with van der Waals surface area (Å²) >= 11 is 0. The number of carbonyl (C=O) groups is 1. The van der Waals surface area contributed by atoms with E-state index in [1.165, 1.54) is 10.8 Å². The number of rotatable bonds is 3. The Morgan fingerprint density at radius 2 is 1.72 bits per heavy atom. The van der Waals surface area contributed by atoms with Crippen molar-refractivity contribution in [1.82, 2.24) is 4.90 Å². The standard InChI is InChI=1S/C21H25NO2Si/c1-25(2,3)20-13-11-17(12-14-20)18-8-7-15-22(16-18)21(23)24-19-9-5-4-6-10-19/h4-7,9-15,18H,8,16H2,1-3H3/t18-/m1/s1. The van der Waals surface area contributed by atoms with Crippen LogP contribution in [-0.2, 0) is 0 Å². The van der Waals surface area contributed by atoms with Gasteiger partial charge >= 0.3 is 6.09 Å². The van der Waals surface area contributed by atoms with Crippen molar-refractivity contribution in [3.63, 3.8) is 0 Å². The second-order valence-electron chi connectivity index (χ2n) is 7.52. The van der Waals surface area contributed by atoms with Gasteiger partial charge in [0.2, 0.25) is 0 Å². The first-order chi connectivity index (χ1) is 11.9. The molecule has 3 nitrogen and oxygen atoms in total. The largest absolute Gasteiger partial charge is 0.419 e. The van der Waals surface area contributed by atoms with Crippen LogP contribution in [0.5, 0.6) is 5.75 Å². The molecule has 1 aliphatic rings. The molecular formula is C21H25NO2Si. The van der Waals surface area contributed by atoms with E-state index in [1.807, 2.05) is 30.5 Å². The minimum Gasteiger partial charge on any atom is -0.410 e. The van der Waals surface area contributed by atoms with Gasteiger partial charge in [-0.1, -0.05) is 73.4 Å². The summed E-state index contributed by atoms with van der Waals surface area (Å²) in [5, 5.41) is 1.46. The zero-order valence-corrected chi connectivity index (χ0v) is 16.1. The summed E-state index contributed by atoms with van der Waals surface area (Å²) in [7, 11) is -1.28. The molecule has 0 unspecified atom stereocenters. The van der Waals surface area contributed by atoms with E-state index < -0.39 is 8.07 Å². The van der Waals surface area contributed by atoms with Gasteiger partial charge in [0.1, 0.15) is 5.75 Å². The SMILES string of the molecule is C[Si](C)(C)c1ccc([C@@H]2CC=CN(C(=O)Oc3ccccc3)C2)cc1. The molecule has 0 radical (unpaired) electrons. The Morgan fingerprint density at radius 3 is 2.36 bits per heavy atom. The third-order valence-electron chi connectivity index (χ3n) is 4.55. The highest BCUT2D eigenvalue weighted by atomic mass is 28.3. The molecule has 0 aliphatic carbocycles. The van der Waals surface area contributed by atoms with Gasteiger partial charge in [-0.3, -0.25) is 4.90 Å². The topological polar surface area (TPSA) is 29.5 Å². The minimum atomic E-state index is -1.28. The molecule has 1 aliphatic heterocycles. The van der Waals surface area contributed by atoms with Gasteiger partial charge < -0.3 is 4.74 Å². The van der Waals surface area contributed by atoms with Crippen molar-refractivity contribution in [2.45, 2.75) is 32.0 Å². The molecule has 1 amide bonds. The van der Waals surface area contributed by atoms with E-state index in [1.54, 1.807) is 17.0 Å². The molecular weight excluding hydrogens is 326 g/mol. The van der Waals surface area contributed by atoms with Crippen LogP contribution in [0.15, 0.2) is 66.9 Å². The lowest BCUT2D eigenvalue weighted by molar-refractivity contribution is 0.165. The van der Waals surface area contributed by atoms with Crippen molar-refractivity contribution in [2.75, 3.05) is 6.54 Å². The van der Waals surface area contributed by atoms with Gasteiger partial charge in [0.15, 0.2) is 0 Å². The van der Waals surface area contributed by atoms with E-state index >= 15 is 0 Å². The van der Waals surface area contributed by atoms with Crippen molar-refractivity contribution in [3.8, 4) is 5.75 Å². The second kappa shape index (κ2) is 7.27. The summed E-state index contributed by atoms with van der Waals surface area (Å²) in [6.07, 6.45) is 4.50. The Hall–Kier alpha value is -2.33. The first-order valence-corrected chi connectivity index (χ1v) is 12.2. The van der Waals surface area contributed by atoms with Gasteiger partial charge in [0, 0.05) is 18.7 Å². The monoisotopic (exact) mass is 351 g/mol. The fourth-order valence-corrected chi connectivity index (χ4v) is 4.17. The van der Waals surface area contributed by atoms with Gasteiger partial charge in [-0.15, -0.1) is 0 Å². The molecule has 2 aromatic rings. The second-order valence-corrected chi connectivity index (χ2v) is 12.6. The summed E-state index contributed by atoms with van der Waals surface area (Å²) in [5.41, 5.74) is 1.28. The van der Waals surface area contributed by atoms with Crippen molar-refractivity contribution < 1.29 is 9.53 Å². The lowest BCUT2D eigenvalue weighted by atomic mass is 9.93. The molecule has 130 valence electrons. The Labute approximate surface area is 150 Å². The van der Waals surface area contributed by atoms with E-state index in [2.05, 4.69) is 43.9 Å². The molecule has 0 fully saturated rings. The first kappa shape index (κ1) is 17.5. The third-order valence-corrected chi connectivity index (χ3v) is 6.62. The summed E-state index contributed by atoms with van der Waals surface area (Å²) in [4.78, 5) is 14.0. The number of hydrogen-bond donors (Lipinski definition) is 0. The molecule has 0 bridgehead atoms. The zero-order valence-electron chi connectivity index (χ0n) is 15.1. The number of ether oxygens (including phenoxy) is 1. The van der Waals surface area contributed by atoms with E-state index in [9.17, 15) is 4.79 Å². The summed E-state index contributed by atoms with van der Waals surface area (Å²) < 4.78 is 5.44. The Morgan fingerprint density at radius 1 is 1.04 bits per heavy atom. The Balaban J connectivity index is 1.67. The van der Waals surface area contributed by atoms with Crippen LogP contribution in [0.2, 0.25) is 19.6 Å². The Bertz CT molecular complexity index is 748.